The quantitative estimate of drug-likeness (QED) is 0.537. The number of nitrogens with one attached hydrogen (secondary N) is 1. The number of aliphatic hydroxyl groups is 1. The normalized spacial score (nSPS) is 15.7. The summed E-state index contributed by atoms with van der Waals surface area (Å²) < 4.78 is 24.1. The number of hydrogen-bond donors (Lipinski definition) is 2. The molecule has 0 saturated carbocycles. The predicted octanol–water partition coefficient (Wildman–Crippen LogP) is 2.18. The van der Waals surface area contributed by atoms with Crippen molar-refractivity contribution in [3.8, 4) is 0 Å². The molecule has 5 nitrogen and oxygen atoms in total. The standard InChI is InChI=1S/C17H26FNO4/c1-12(15(20)22-11-13-8-6-5-7-9-13)23-16(21)14(19-4)10-17(2,3)18/h5-9,12,14-15,19-20H,10-11H2,1-4H3/t12-,14+,15?/m1/s1. The minimum atomic E-state index is -1.50. The molecule has 0 aliphatic heterocycles. The van der Waals surface area contributed by atoms with E-state index in [1.165, 1.54) is 20.8 Å². The highest BCUT2D eigenvalue weighted by molar-refractivity contribution is 5.76. The smallest absolute Gasteiger partial charge is 0.323 e. The van der Waals surface area contributed by atoms with Gasteiger partial charge < -0.3 is 19.9 Å². The van der Waals surface area contributed by atoms with Gasteiger partial charge in [0.05, 0.1) is 6.61 Å². The predicted molar refractivity (Wildman–Crippen MR) is 85.4 cm³/mol. The van der Waals surface area contributed by atoms with E-state index in [0.717, 1.165) is 5.56 Å². The van der Waals surface area contributed by atoms with Crippen LogP contribution < -0.4 is 5.32 Å². The number of esters is 1. The molecule has 1 aromatic rings. The van der Waals surface area contributed by atoms with Crippen LogP contribution in [0.25, 0.3) is 0 Å². The Hall–Kier alpha value is -1.50. The maximum absolute atomic E-state index is 13.7. The van der Waals surface area contributed by atoms with E-state index < -0.39 is 30.1 Å². The average Bonchev–Trinajstić information content (AvgIpc) is 2.50. The van der Waals surface area contributed by atoms with Gasteiger partial charge in [0.15, 0.2) is 6.29 Å². The van der Waals surface area contributed by atoms with Crippen LogP contribution in [0.2, 0.25) is 0 Å². The minimum Gasteiger partial charge on any atom is -0.456 e. The summed E-state index contributed by atoms with van der Waals surface area (Å²) in [5.41, 5.74) is -0.601. The Morgan fingerprint density at radius 1 is 1.35 bits per heavy atom. The van der Waals surface area contributed by atoms with Crippen molar-refractivity contribution in [3.63, 3.8) is 0 Å². The lowest BCUT2D eigenvalue weighted by Crippen LogP contribution is -2.43. The van der Waals surface area contributed by atoms with Crippen LogP contribution in [0.5, 0.6) is 0 Å². The zero-order valence-corrected chi connectivity index (χ0v) is 14.1. The van der Waals surface area contributed by atoms with Gasteiger partial charge in [0.2, 0.25) is 0 Å². The summed E-state index contributed by atoms with van der Waals surface area (Å²) in [4.78, 5) is 12.0. The maximum Gasteiger partial charge on any atom is 0.323 e. The van der Waals surface area contributed by atoms with Gasteiger partial charge in [0.1, 0.15) is 17.8 Å². The number of rotatable bonds is 9. The van der Waals surface area contributed by atoms with Crippen molar-refractivity contribution >= 4 is 5.97 Å². The van der Waals surface area contributed by atoms with Crippen molar-refractivity contribution in [2.24, 2.45) is 0 Å². The zero-order chi connectivity index (χ0) is 17.5. The summed E-state index contributed by atoms with van der Waals surface area (Å²) in [5.74, 6) is -0.618. The van der Waals surface area contributed by atoms with E-state index >= 15 is 0 Å². The van der Waals surface area contributed by atoms with Crippen LogP contribution in [0.15, 0.2) is 30.3 Å². The maximum atomic E-state index is 13.7. The third-order valence-corrected chi connectivity index (χ3v) is 3.29. The van der Waals surface area contributed by atoms with E-state index in [2.05, 4.69) is 5.32 Å². The Balaban J connectivity index is 2.46. The van der Waals surface area contributed by atoms with Gasteiger partial charge in [-0.3, -0.25) is 4.79 Å². The Labute approximate surface area is 136 Å². The number of ether oxygens (including phenoxy) is 2. The first-order valence-corrected chi connectivity index (χ1v) is 7.63. The molecule has 0 bridgehead atoms. The van der Waals surface area contributed by atoms with Crippen molar-refractivity contribution in [2.45, 2.75) is 57.9 Å². The first-order chi connectivity index (χ1) is 10.7. The van der Waals surface area contributed by atoms with E-state index in [1.54, 1.807) is 7.05 Å². The van der Waals surface area contributed by atoms with E-state index in [9.17, 15) is 14.3 Å². The van der Waals surface area contributed by atoms with Crippen LogP contribution >= 0.6 is 0 Å². The largest absolute Gasteiger partial charge is 0.456 e. The molecule has 6 heteroatoms. The van der Waals surface area contributed by atoms with Crippen LogP contribution in [0.4, 0.5) is 4.39 Å². The molecule has 0 saturated heterocycles. The molecule has 0 radical (unpaired) electrons. The number of alkyl halides is 1. The molecule has 23 heavy (non-hydrogen) atoms. The molecular formula is C17H26FNO4. The molecular weight excluding hydrogens is 301 g/mol. The van der Waals surface area contributed by atoms with E-state index in [0.29, 0.717) is 0 Å². The number of carbonyl (C=O) groups excluding carboxylic acids is 1. The van der Waals surface area contributed by atoms with Gasteiger partial charge in [0.25, 0.3) is 0 Å². The second-order valence-corrected chi connectivity index (χ2v) is 6.09. The number of benzene rings is 1. The number of carbonyl (C=O) groups is 1. The second kappa shape index (κ2) is 8.96. The van der Waals surface area contributed by atoms with Gasteiger partial charge in [-0.15, -0.1) is 0 Å². The Morgan fingerprint density at radius 2 is 1.96 bits per heavy atom. The molecule has 2 N–H and O–H groups in total. The molecule has 0 spiro atoms. The van der Waals surface area contributed by atoms with Gasteiger partial charge in [-0.05, 0) is 33.4 Å². The van der Waals surface area contributed by atoms with Gasteiger partial charge in [-0.25, -0.2) is 4.39 Å². The zero-order valence-electron chi connectivity index (χ0n) is 14.1. The van der Waals surface area contributed by atoms with Crippen LogP contribution in [-0.4, -0.2) is 42.2 Å². The van der Waals surface area contributed by atoms with Gasteiger partial charge in [0, 0.05) is 6.42 Å². The van der Waals surface area contributed by atoms with Crippen LogP contribution in [0.3, 0.4) is 0 Å². The number of likely N-dealkylation sites (N-methyl/N-ethyl adjacent to an activating group) is 1. The average molecular weight is 327 g/mol. The summed E-state index contributed by atoms with van der Waals surface area (Å²) in [6.07, 6.45) is -2.13. The van der Waals surface area contributed by atoms with Crippen molar-refractivity contribution in [3.05, 3.63) is 35.9 Å². The molecule has 0 aliphatic carbocycles. The Bertz CT molecular complexity index is 475. The highest BCUT2D eigenvalue weighted by atomic mass is 19.1. The summed E-state index contributed by atoms with van der Waals surface area (Å²) in [5, 5.41) is 12.6. The molecule has 3 atom stereocenters. The third kappa shape index (κ3) is 7.54. The lowest BCUT2D eigenvalue weighted by Gasteiger charge is -2.25. The summed E-state index contributed by atoms with van der Waals surface area (Å²) in [6.45, 7) is 4.52. The summed E-state index contributed by atoms with van der Waals surface area (Å²) in [7, 11) is 1.56. The van der Waals surface area contributed by atoms with Crippen molar-refractivity contribution in [1.29, 1.82) is 0 Å². The third-order valence-electron chi connectivity index (χ3n) is 3.29. The van der Waals surface area contributed by atoms with E-state index in [4.69, 9.17) is 9.47 Å². The fourth-order valence-electron chi connectivity index (χ4n) is 2.00. The van der Waals surface area contributed by atoms with Gasteiger partial charge in [-0.2, -0.15) is 0 Å². The summed E-state index contributed by atoms with van der Waals surface area (Å²) >= 11 is 0. The number of aliphatic hydroxyl groups excluding tert-OH is 1. The van der Waals surface area contributed by atoms with Crippen molar-refractivity contribution in [1.82, 2.24) is 5.32 Å². The topological polar surface area (TPSA) is 67.8 Å². The molecule has 0 aromatic heterocycles. The summed E-state index contributed by atoms with van der Waals surface area (Å²) in [6, 6.07) is 8.57. The second-order valence-electron chi connectivity index (χ2n) is 6.09. The molecule has 1 aromatic carbocycles. The fourth-order valence-corrected chi connectivity index (χ4v) is 2.00. The highest BCUT2D eigenvalue weighted by Crippen LogP contribution is 2.17. The molecule has 0 fully saturated rings. The van der Waals surface area contributed by atoms with Gasteiger partial charge in [-0.1, -0.05) is 30.3 Å². The molecule has 0 aliphatic rings. The lowest BCUT2D eigenvalue weighted by molar-refractivity contribution is -0.192. The number of halogens is 1. The molecule has 1 unspecified atom stereocenters. The lowest BCUT2D eigenvalue weighted by atomic mass is 10.0. The molecule has 0 heterocycles. The van der Waals surface area contributed by atoms with Crippen LogP contribution in [0, 0.1) is 0 Å². The van der Waals surface area contributed by atoms with E-state index in [1.807, 2.05) is 30.3 Å². The van der Waals surface area contributed by atoms with Crippen LogP contribution in [0.1, 0.15) is 32.8 Å². The minimum absolute atomic E-state index is 0.0178. The Kier molecular flexibility index (Phi) is 7.61. The van der Waals surface area contributed by atoms with Gasteiger partial charge >= 0.3 is 5.97 Å². The van der Waals surface area contributed by atoms with Crippen molar-refractivity contribution in [2.75, 3.05) is 7.05 Å². The monoisotopic (exact) mass is 327 g/mol. The SMILES string of the molecule is CN[C@@H](CC(C)(C)F)C(=O)O[C@H](C)C(O)OCc1ccccc1. The molecule has 130 valence electrons. The molecule has 1 rings (SSSR count). The van der Waals surface area contributed by atoms with E-state index in [-0.39, 0.29) is 13.0 Å². The first-order valence-electron chi connectivity index (χ1n) is 7.63. The van der Waals surface area contributed by atoms with Crippen molar-refractivity contribution < 1.29 is 23.8 Å². The first kappa shape index (κ1) is 19.5. The Morgan fingerprint density at radius 3 is 2.48 bits per heavy atom. The molecule has 0 amide bonds. The fraction of sp³-hybridized carbons (Fsp3) is 0.588. The highest BCUT2D eigenvalue weighted by Gasteiger charge is 2.30. The number of hydrogen-bond acceptors (Lipinski definition) is 5. The van der Waals surface area contributed by atoms with Crippen LogP contribution in [-0.2, 0) is 20.9 Å².